The number of nitrogens with zero attached hydrogens (tertiary/aromatic N) is 3. The van der Waals surface area contributed by atoms with E-state index in [4.69, 9.17) is 5.73 Å². The fourth-order valence-corrected chi connectivity index (χ4v) is 2.41. The van der Waals surface area contributed by atoms with Gasteiger partial charge in [-0.3, -0.25) is 0 Å². The number of nitrogen functional groups attached to an aromatic ring is 1. The molecular formula is C13H19F3N4. The number of hydrogen-bond acceptors (Lipinski definition) is 4. The third-order valence-corrected chi connectivity index (χ3v) is 3.68. The quantitative estimate of drug-likeness (QED) is 0.862. The molecule has 0 amide bonds. The van der Waals surface area contributed by atoms with Gasteiger partial charge in [0.25, 0.3) is 0 Å². The van der Waals surface area contributed by atoms with Gasteiger partial charge in [0.15, 0.2) is 5.69 Å². The molecule has 0 radical (unpaired) electrons. The molecule has 1 aliphatic heterocycles. The number of halogens is 3. The topological polar surface area (TPSA) is 55.0 Å². The zero-order valence-electron chi connectivity index (χ0n) is 11.7. The average molecular weight is 288 g/mol. The first-order valence-corrected chi connectivity index (χ1v) is 6.64. The van der Waals surface area contributed by atoms with Crippen molar-refractivity contribution in [2.75, 3.05) is 23.7 Å². The standard InChI is InChI=1S/C13H19F3N4/c1-12(2)4-3-6-20(7-5-12)10-8-9(13(14,15)16)18-11(17)19-10/h8H,3-7H2,1-2H3,(H2,17,18,19). The lowest BCUT2D eigenvalue weighted by Gasteiger charge is -2.24. The molecule has 0 unspecified atom stereocenters. The number of alkyl halides is 3. The smallest absolute Gasteiger partial charge is 0.368 e. The van der Waals surface area contributed by atoms with Crippen LogP contribution in [0, 0.1) is 5.41 Å². The summed E-state index contributed by atoms with van der Waals surface area (Å²) in [7, 11) is 0. The number of rotatable bonds is 1. The summed E-state index contributed by atoms with van der Waals surface area (Å²) in [5.74, 6) is -0.0687. The summed E-state index contributed by atoms with van der Waals surface area (Å²) in [6.45, 7) is 5.72. The fourth-order valence-electron chi connectivity index (χ4n) is 2.41. The Morgan fingerprint density at radius 1 is 1.20 bits per heavy atom. The molecule has 1 aromatic heterocycles. The maximum Gasteiger partial charge on any atom is 0.433 e. The lowest BCUT2D eigenvalue weighted by atomic mass is 9.85. The van der Waals surface area contributed by atoms with Gasteiger partial charge in [0.1, 0.15) is 5.82 Å². The molecule has 20 heavy (non-hydrogen) atoms. The average Bonchev–Trinajstić information content (AvgIpc) is 2.48. The monoisotopic (exact) mass is 288 g/mol. The van der Waals surface area contributed by atoms with E-state index in [2.05, 4.69) is 23.8 Å². The first-order valence-electron chi connectivity index (χ1n) is 6.64. The Morgan fingerprint density at radius 3 is 2.55 bits per heavy atom. The second kappa shape index (κ2) is 5.10. The van der Waals surface area contributed by atoms with E-state index >= 15 is 0 Å². The third-order valence-electron chi connectivity index (χ3n) is 3.68. The fraction of sp³-hybridized carbons (Fsp3) is 0.692. The summed E-state index contributed by atoms with van der Waals surface area (Å²) in [6, 6.07) is 0.981. The van der Waals surface area contributed by atoms with Gasteiger partial charge in [-0.15, -0.1) is 0 Å². The number of hydrogen-bond donors (Lipinski definition) is 1. The zero-order valence-corrected chi connectivity index (χ0v) is 11.7. The Bertz CT molecular complexity index is 485. The third kappa shape index (κ3) is 3.52. The molecule has 2 rings (SSSR count). The molecule has 4 nitrogen and oxygen atoms in total. The van der Waals surface area contributed by atoms with Gasteiger partial charge in [-0.1, -0.05) is 13.8 Å². The molecule has 0 aromatic carbocycles. The summed E-state index contributed by atoms with van der Waals surface area (Å²) in [4.78, 5) is 9.08. The Balaban J connectivity index is 2.26. The van der Waals surface area contributed by atoms with Crippen molar-refractivity contribution in [1.29, 1.82) is 0 Å². The van der Waals surface area contributed by atoms with Gasteiger partial charge in [-0.05, 0) is 24.7 Å². The molecule has 2 N–H and O–H groups in total. The molecule has 0 atom stereocenters. The van der Waals surface area contributed by atoms with Crippen LogP contribution in [0.25, 0.3) is 0 Å². The maximum atomic E-state index is 12.8. The van der Waals surface area contributed by atoms with Crippen molar-refractivity contribution >= 4 is 11.8 Å². The minimum atomic E-state index is -4.50. The SMILES string of the molecule is CC1(C)CCCN(c2cc(C(F)(F)F)nc(N)n2)CC1. The number of anilines is 2. The van der Waals surface area contributed by atoms with Gasteiger partial charge in [-0.2, -0.15) is 18.2 Å². The van der Waals surface area contributed by atoms with Crippen molar-refractivity contribution in [2.45, 2.75) is 39.3 Å². The van der Waals surface area contributed by atoms with E-state index in [0.29, 0.717) is 13.1 Å². The number of nitrogens with two attached hydrogens (primary N) is 1. The van der Waals surface area contributed by atoms with Crippen LogP contribution in [0.1, 0.15) is 38.8 Å². The molecule has 1 aliphatic rings. The highest BCUT2D eigenvalue weighted by atomic mass is 19.4. The molecule has 1 fully saturated rings. The van der Waals surface area contributed by atoms with E-state index in [-0.39, 0.29) is 17.2 Å². The van der Waals surface area contributed by atoms with E-state index in [1.807, 2.05) is 4.90 Å². The summed E-state index contributed by atoms with van der Waals surface area (Å²) in [6.07, 6.45) is -1.61. The van der Waals surface area contributed by atoms with Crippen LogP contribution in [0.3, 0.4) is 0 Å². The lowest BCUT2D eigenvalue weighted by Crippen LogP contribution is -2.27. The van der Waals surface area contributed by atoms with Crippen molar-refractivity contribution in [3.63, 3.8) is 0 Å². The maximum absolute atomic E-state index is 12.8. The Labute approximate surface area is 116 Å². The predicted molar refractivity (Wildman–Crippen MR) is 71.3 cm³/mol. The molecule has 2 heterocycles. The highest BCUT2D eigenvalue weighted by Gasteiger charge is 2.34. The lowest BCUT2D eigenvalue weighted by molar-refractivity contribution is -0.141. The molecule has 1 aromatic rings. The molecule has 0 bridgehead atoms. The van der Waals surface area contributed by atoms with Crippen molar-refractivity contribution < 1.29 is 13.2 Å². The van der Waals surface area contributed by atoms with Crippen molar-refractivity contribution in [2.24, 2.45) is 5.41 Å². The first-order chi connectivity index (χ1) is 9.17. The Kier molecular flexibility index (Phi) is 3.80. The Morgan fingerprint density at radius 2 is 1.90 bits per heavy atom. The van der Waals surface area contributed by atoms with Crippen LogP contribution in [0.5, 0.6) is 0 Å². The van der Waals surface area contributed by atoms with Crippen LogP contribution >= 0.6 is 0 Å². The van der Waals surface area contributed by atoms with E-state index < -0.39 is 11.9 Å². The molecule has 7 heteroatoms. The van der Waals surface area contributed by atoms with Gasteiger partial charge >= 0.3 is 6.18 Å². The van der Waals surface area contributed by atoms with Crippen molar-refractivity contribution in [1.82, 2.24) is 9.97 Å². The molecule has 112 valence electrons. The van der Waals surface area contributed by atoms with Gasteiger partial charge in [-0.25, -0.2) is 4.98 Å². The van der Waals surface area contributed by atoms with E-state index in [0.717, 1.165) is 25.3 Å². The van der Waals surface area contributed by atoms with E-state index in [9.17, 15) is 13.2 Å². The van der Waals surface area contributed by atoms with Crippen LogP contribution in [0.4, 0.5) is 24.9 Å². The van der Waals surface area contributed by atoms with Gasteiger partial charge < -0.3 is 10.6 Å². The van der Waals surface area contributed by atoms with E-state index in [1.165, 1.54) is 0 Å². The summed E-state index contributed by atoms with van der Waals surface area (Å²) in [5, 5.41) is 0. The molecule has 1 saturated heterocycles. The number of aromatic nitrogens is 2. The van der Waals surface area contributed by atoms with Crippen LogP contribution in [0.15, 0.2) is 6.07 Å². The van der Waals surface area contributed by atoms with Crippen LogP contribution in [-0.4, -0.2) is 23.1 Å². The molecule has 0 aliphatic carbocycles. The second-order valence-corrected chi connectivity index (χ2v) is 5.97. The van der Waals surface area contributed by atoms with Crippen LogP contribution in [0.2, 0.25) is 0 Å². The van der Waals surface area contributed by atoms with Gasteiger partial charge in [0.2, 0.25) is 5.95 Å². The molecule has 0 spiro atoms. The largest absolute Gasteiger partial charge is 0.433 e. The normalized spacial score (nSPS) is 19.8. The first kappa shape index (κ1) is 14.9. The van der Waals surface area contributed by atoms with Crippen molar-refractivity contribution in [3.05, 3.63) is 11.8 Å². The molecule has 0 saturated carbocycles. The van der Waals surface area contributed by atoms with Gasteiger partial charge in [0.05, 0.1) is 0 Å². The highest BCUT2D eigenvalue weighted by molar-refractivity contribution is 5.44. The molecular weight excluding hydrogens is 269 g/mol. The summed E-state index contributed by atoms with van der Waals surface area (Å²) < 4.78 is 38.3. The minimum absolute atomic E-state index is 0.209. The van der Waals surface area contributed by atoms with Gasteiger partial charge in [0, 0.05) is 19.2 Å². The zero-order chi connectivity index (χ0) is 15.0. The Hall–Kier alpha value is -1.53. The van der Waals surface area contributed by atoms with Crippen LogP contribution < -0.4 is 10.6 Å². The summed E-state index contributed by atoms with van der Waals surface area (Å²) in [5.41, 5.74) is 4.63. The highest BCUT2D eigenvalue weighted by Crippen LogP contribution is 2.33. The predicted octanol–water partition coefficient (Wildman–Crippen LogP) is 3.09. The van der Waals surface area contributed by atoms with Crippen LogP contribution in [-0.2, 0) is 6.18 Å². The second-order valence-electron chi connectivity index (χ2n) is 5.97. The minimum Gasteiger partial charge on any atom is -0.368 e. The van der Waals surface area contributed by atoms with E-state index in [1.54, 1.807) is 0 Å². The van der Waals surface area contributed by atoms with Crippen molar-refractivity contribution in [3.8, 4) is 0 Å². The summed E-state index contributed by atoms with van der Waals surface area (Å²) >= 11 is 0.